The molecular weight excluding hydrogens is 853 g/mol. The Morgan fingerprint density at radius 2 is 1.93 bits per heavy atom. The molecule has 4 aliphatic carbocycles. The summed E-state index contributed by atoms with van der Waals surface area (Å²) in [5.41, 5.74) is -0.870. The number of aliphatic hydroxyl groups is 2. The molecule has 4 fully saturated rings. The molecule has 0 spiro atoms. The van der Waals surface area contributed by atoms with Crippen molar-refractivity contribution in [3.63, 3.8) is 0 Å². The lowest BCUT2D eigenvalue weighted by atomic mass is 9.46. The minimum absolute atomic E-state index is 0.0263. The maximum absolute atomic E-state index is 16.4. The van der Waals surface area contributed by atoms with Gasteiger partial charge in [0.05, 0.1) is 29.0 Å². The Hall–Kier alpha value is -4.13. The van der Waals surface area contributed by atoms with Crippen molar-refractivity contribution >= 4 is 68.2 Å². The van der Waals surface area contributed by atoms with Crippen molar-refractivity contribution in [3.05, 3.63) is 75.3 Å². The second kappa shape index (κ2) is 16.7. The van der Waals surface area contributed by atoms with Gasteiger partial charge in [0.15, 0.2) is 23.5 Å². The van der Waals surface area contributed by atoms with Crippen LogP contribution in [0.25, 0.3) is 0 Å². The van der Waals surface area contributed by atoms with E-state index in [1.54, 1.807) is 41.8 Å². The van der Waals surface area contributed by atoms with Gasteiger partial charge in [-0.2, -0.15) is 0 Å². The predicted molar refractivity (Wildman–Crippen MR) is 215 cm³/mol. The van der Waals surface area contributed by atoms with Crippen molar-refractivity contribution in [2.45, 2.75) is 88.9 Å². The number of thiophene rings is 1. The van der Waals surface area contributed by atoms with Crippen LogP contribution >= 0.6 is 27.3 Å². The van der Waals surface area contributed by atoms with E-state index in [4.69, 9.17) is 9.47 Å². The number of ether oxygens (including phenoxy) is 2. The van der Waals surface area contributed by atoms with Gasteiger partial charge in [-0.25, -0.2) is 4.39 Å². The van der Waals surface area contributed by atoms with Gasteiger partial charge in [-0.05, 0) is 79.2 Å². The molecule has 0 radical (unpaired) electrons. The molecule has 1 aromatic heterocycles. The summed E-state index contributed by atoms with van der Waals surface area (Å²) < 4.78 is 29.4. The predicted octanol–water partition coefficient (Wildman–Crippen LogP) is 3.88. The van der Waals surface area contributed by atoms with E-state index in [0.717, 1.165) is 16.9 Å². The number of aliphatic carboxylic acids is 1. The Labute approximate surface area is 352 Å². The molecule has 7 rings (SSSR count). The first-order valence-corrected chi connectivity index (χ1v) is 21.6. The number of carbonyl (C=O) groups is 6. The van der Waals surface area contributed by atoms with Gasteiger partial charge in [0.2, 0.25) is 17.7 Å². The van der Waals surface area contributed by atoms with Crippen molar-refractivity contribution in [1.29, 1.82) is 0 Å². The number of hydrogen-bond acceptors (Lipinski definition) is 11. The van der Waals surface area contributed by atoms with Crippen molar-refractivity contribution in [1.82, 2.24) is 10.6 Å². The second-order valence-corrected chi connectivity index (χ2v) is 18.1. The summed E-state index contributed by atoms with van der Waals surface area (Å²) in [5.74, 6) is -4.55. The molecule has 3 amide bonds. The van der Waals surface area contributed by atoms with Gasteiger partial charge in [-0.15, -0.1) is 11.3 Å². The zero-order chi connectivity index (χ0) is 42.4. The minimum atomic E-state index is -1.63. The fraction of sp³-hybridized carbons (Fsp3) is 0.524. The Balaban J connectivity index is 1.06. The number of allylic oxidation sites excluding steroid dienone is 4. The molecule has 59 heavy (non-hydrogen) atoms. The van der Waals surface area contributed by atoms with Gasteiger partial charge in [-0.1, -0.05) is 53.6 Å². The van der Waals surface area contributed by atoms with E-state index in [-0.39, 0.29) is 53.0 Å². The van der Waals surface area contributed by atoms with Crippen LogP contribution in [0.4, 0.5) is 10.1 Å². The van der Waals surface area contributed by atoms with Crippen molar-refractivity contribution in [2.75, 3.05) is 23.8 Å². The zero-order valence-electron chi connectivity index (χ0n) is 32.5. The molecule has 14 nitrogen and oxygen atoms in total. The van der Waals surface area contributed by atoms with Crippen LogP contribution in [0.3, 0.4) is 0 Å². The highest BCUT2D eigenvalue weighted by Gasteiger charge is 2.76. The highest BCUT2D eigenvalue weighted by atomic mass is 79.9. The molecule has 6 N–H and O–H groups in total. The molecule has 2 heterocycles. The highest BCUT2D eigenvalue weighted by molar-refractivity contribution is 9.09. The molecule has 0 bridgehead atoms. The number of nitrogens with one attached hydrogen (secondary N) is 3. The van der Waals surface area contributed by atoms with Crippen LogP contribution in [0.5, 0.6) is 0 Å². The molecule has 10 atom stereocenters. The molecule has 5 aliphatic rings. The van der Waals surface area contributed by atoms with Crippen molar-refractivity contribution in [3.8, 4) is 0 Å². The number of hydrogen-bond donors (Lipinski definition) is 6. The number of Topliss-reactive ketones (excluding diaryl/α,β-unsaturated/α-hetero) is 1. The van der Waals surface area contributed by atoms with Crippen molar-refractivity contribution in [2.24, 2.45) is 28.6 Å². The lowest BCUT2D eigenvalue weighted by molar-refractivity contribution is -0.200. The number of anilines is 1. The molecule has 17 heteroatoms. The topological polar surface area (TPSA) is 218 Å². The SMILES string of the molecule is C[C@]12C=CC(=O)C=C1CC[C@@H]1[C@@H]2[C@@H](O)C[C@@]2(C)[C@H]1C[C@H]1O[C@@H](c3scc(Cc4cccc(NC(=O)[C@H](CCC(=O)O)NC(=O)CNC(=O)CBr)c4)c3F)O[C@]12C(=O)CO. The number of ketones is 2. The maximum atomic E-state index is 16.4. The lowest BCUT2D eigenvalue weighted by Crippen LogP contribution is -2.63. The van der Waals surface area contributed by atoms with Crippen LogP contribution in [-0.2, 0) is 44.7 Å². The van der Waals surface area contributed by atoms with Gasteiger partial charge in [-0.3, -0.25) is 28.8 Å². The number of aliphatic hydroxyl groups excluding tert-OH is 2. The van der Waals surface area contributed by atoms with Gasteiger partial charge >= 0.3 is 5.97 Å². The number of carbonyl (C=O) groups excluding carboxylic acids is 5. The van der Waals surface area contributed by atoms with Crippen LogP contribution in [0.2, 0.25) is 0 Å². The Kier molecular flexibility index (Phi) is 12.2. The van der Waals surface area contributed by atoms with Crippen LogP contribution in [-0.4, -0.2) is 92.9 Å². The molecule has 1 aromatic carbocycles. The molecular formula is C42H47BrFN3O11S. The largest absolute Gasteiger partial charge is 0.481 e. The zero-order valence-corrected chi connectivity index (χ0v) is 34.9. The van der Waals surface area contributed by atoms with Crippen LogP contribution in [0, 0.1) is 34.4 Å². The normalized spacial score (nSPS) is 32.2. The van der Waals surface area contributed by atoms with E-state index in [0.29, 0.717) is 36.1 Å². The van der Waals surface area contributed by atoms with E-state index in [2.05, 4.69) is 38.8 Å². The van der Waals surface area contributed by atoms with E-state index >= 15 is 4.39 Å². The first-order valence-electron chi connectivity index (χ1n) is 19.6. The quantitative estimate of drug-likeness (QED) is 0.150. The average molecular weight is 901 g/mol. The van der Waals surface area contributed by atoms with E-state index < -0.39 is 95.8 Å². The highest BCUT2D eigenvalue weighted by Crippen LogP contribution is 2.70. The number of rotatable bonds is 14. The summed E-state index contributed by atoms with van der Waals surface area (Å²) in [6.45, 7) is 2.75. The third kappa shape index (κ3) is 7.74. The number of carboxylic acid groups (broad SMARTS) is 1. The number of benzene rings is 1. The fourth-order valence-electron chi connectivity index (χ4n) is 10.7. The summed E-state index contributed by atoms with van der Waals surface area (Å²) in [5, 5.41) is 40.5. The number of carboxylic acids is 1. The minimum Gasteiger partial charge on any atom is -0.481 e. The third-order valence-corrected chi connectivity index (χ3v) is 14.8. The standard InChI is InChI=1S/C42H47BrFN3O11S/c1-40-11-10-25(49)14-23(40)6-7-26-27-15-31-42(30(51)19-48,41(27,2)16-29(50)35(26)40)58-39(57-31)37-36(44)22(20-59-37)12-21-4-3-5-24(13-21)46-38(56)28(8-9-34(54)55)47-33(53)18-45-32(52)17-43/h3-5,10-11,13-14,20,26-29,31,35,39,48,50H,6-9,12,15-19H2,1-2H3,(H,45,52)(H,46,56)(H,47,53)(H,54,55)/t26-,27-,28-,29-,31+,35+,39+,40-,41-,42+/m0/s1. The number of halogens is 2. The first kappa shape index (κ1) is 43.0. The van der Waals surface area contributed by atoms with Gasteiger partial charge in [0, 0.05) is 40.8 Å². The lowest BCUT2D eigenvalue weighted by Gasteiger charge is -2.59. The van der Waals surface area contributed by atoms with Gasteiger partial charge < -0.3 is 40.7 Å². The molecule has 0 unspecified atom stereocenters. The van der Waals surface area contributed by atoms with Gasteiger partial charge in [0.1, 0.15) is 18.5 Å². The van der Waals surface area contributed by atoms with Gasteiger partial charge in [0.25, 0.3) is 0 Å². The van der Waals surface area contributed by atoms with Crippen LogP contribution in [0.15, 0.2) is 53.4 Å². The Morgan fingerprint density at radius 3 is 2.66 bits per heavy atom. The molecule has 3 saturated carbocycles. The summed E-state index contributed by atoms with van der Waals surface area (Å²) in [7, 11) is 0. The molecule has 2 aromatic rings. The Morgan fingerprint density at radius 1 is 1.15 bits per heavy atom. The van der Waals surface area contributed by atoms with E-state index in [9.17, 15) is 44.1 Å². The molecule has 1 aliphatic heterocycles. The van der Waals surface area contributed by atoms with Crippen LogP contribution < -0.4 is 16.0 Å². The van der Waals surface area contributed by atoms with E-state index in [1.807, 2.05) is 13.0 Å². The van der Waals surface area contributed by atoms with E-state index in [1.165, 1.54) is 0 Å². The first-order chi connectivity index (χ1) is 28.0. The monoisotopic (exact) mass is 899 g/mol. The smallest absolute Gasteiger partial charge is 0.303 e. The average Bonchev–Trinajstić information content (AvgIpc) is 3.83. The summed E-state index contributed by atoms with van der Waals surface area (Å²) >= 11 is 4.05. The summed E-state index contributed by atoms with van der Waals surface area (Å²) in [6, 6.07) is 5.38. The number of amides is 3. The Bertz CT molecular complexity index is 2130. The molecule has 1 saturated heterocycles. The summed E-state index contributed by atoms with van der Waals surface area (Å²) in [4.78, 5) is 74.7. The maximum Gasteiger partial charge on any atom is 0.303 e. The molecule has 316 valence electrons. The summed E-state index contributed by atoms with van der Waals surface area (Å²) in [6.07, 6.45) is 3.72. The number of fused-ring (bicyclic) bond motifs is 7. The number of alkyl halides is 1. The third-order valence-electron chi connectivity index (χ3n) is 13.3. The van der Waals surface area contributed by atoms with Crippen molar-refractivity contribution < 1.29 is 58.0 Å². The second-order valence-electron chi connectivity index (χ2n) is 16.6. The van der Waals surface area contributed by atoms with Crippen LogP contribution in [0.1, 0.15) is 74.7 Å². The fourth-order valence-corrected chi connectivity index (χ4v) is 11.8.